The molecule has 0 amide bonds. The quantitative estimate of drug-likeness (QED) is 0.644. The van der Waals surface area contributed by atoms with Crippen molar-refractivity contribution in [1.82, 2.24) is 4.98 Å². The van der Waals surface area contributed by atoms with Gasteiger partial charge in [0.25, 0.3) is 0 Å². The van der Waals surface area contributed by atoms with Crippen LogP contribution >= 0.6 is 17.0 Å². The van der Waals surface area contributed by atoms with Crippen LogP contribution in [-0.4, -0.2) is 31.3 Å². The molecule has 1 aliphatic rings. The zero-order valence-electron chi connectivity index (χ0n) is 13.7. The van der Waals surface area contributed by atoms with E-state index in [0.717, 1.165) is 43.1 Å². The van der Waals surface area contributed by atoms with Crippen LogP contribution in [0.25, 0.3) is 22.2 Å². The zero-order valence-corrected chi connectivity index (χ0v) is 15.4. The standard InChI is InChI=1S/C20H20N2O.BrH/c1-15-6-8-16(9-7-15)19-14-20(22-10-12-23-13-11-22)17-4-2-3-5-18(17)21-19;/h2-9,14H,10-13H2,1H3;1H. The lowest BCUT2D eigenvalue weighted by atomic mass is 10.1. The van der Waals surface area contributed by atoms with Gasteiger partial charge in [-0.2, -0.15) is 0 Å². The van der Waals surface area contributed by atoms with Crippen LogP contribution in [0.3, 0.4) is 0 Å². The first-order chi connectivity index (χ1) is 11.3. The third-order valence-corrected chi connectivity index (χ3v) is 4.39. The first kappa shape index (κ1) is 16.9. The maximum Gasteiger partial charge on any atom is 0.0730 e. The molecule has 0 bridgehead atoms. The number of pyridine rings is 1. The van der Waals surface area contributed by atoms with Crippen molar-refractivity contribution in [2.45, 2.75) is 6.92 Å². The van der Waals surface area contributed by atoms with Crippen molar-refractivity contribution in [2.24, 2.45) is 0 Å². The molecule has 0 atom stereocenters. The minimum atomic E-state index is 0. The fourth-order valence-electron chi connectivity index (χ4n) is 3.10. The molecule has 1 fully saturated rings. The minimum Gasteiger partial charge on any atom is -0.378 e. The van der Waals surface area contributed by atoms with Crippen molar-refractivity contribution in [2.75, 3.05) is 31.2 Å². The SMILES string of the molecule is Br.Cc1ccc(-c2cc(N3CCOCC3)c3ccccc3n2)cc1. The minimum absolute atomic E-state index is 0. The van der Waals surface area contributed by atoms with Gasteiger partial charge in [0.15, 0.2) is 0 Å². The molecule has 0 aliphatic carbocycles. The Balaban J connectivity index is 0.00000169. The van der Waals surface area contributed by atoms with E-state index in [-0.39, 0.29) is 17.0 Å². The van der Waals surface area contributed by atoms with Crippen molar-refractivity contribution >= 4 is 33.6 Å². The molecule has 0 spiro atoms. The summed E-state index contributed by atoms with van der Waals surface area (Å²) in [4.78, 5) is 7.28. The molecule has 0 radical (unpaired) electrons. The molecule has 2 heterocycles. The van der Waals surface area contributed by atoms with Crippen LogP contribution in [0.2, 0.25) is 0 Å². The second-order valence-electron chi connectivity index (χ2n) is 6.01. The van der Waals surface area contributed by atoms with Crippen LogP contribution in [0.15, 0.2) is 54.6 Å². The van der Waals surface area contributed by atoms with Crippen molar-refractivity contribution in [3.8, 4) is 11.3 Å². The van der Waals surface area contributed by atoms with E-state index in [1.54, 1.807) is 0 Å². The summed E-state index contributed by atoms with van der Waals surface area (Å²) in [5.41, 5.74) is 5.77. The average molecular weight is 385 g/mol. The fourth-order valence-corrected chi connectivity index (χ4v) is 3.10. The summed E-state index contributed by atoms with van der Waals surface area (Å²) >= 11 is 0. The number of anilines is 1. The Labute approximate surface area is 153 Å². The van der Waals surface area contributed by atoms with Gasteiger partial charge in [-0.3, -0.25) is 0 Å². The van der Waals surface area contributed by atoms with Gasteiger partial charge in [-0.25, -0.2) is 4.98 Å². The number of hydrogen-bond donors (Lipinski definition) is 0. The summed E-state index contributed by atoms with van der Waals surface area (Å²) in [6.45, 7) is 5.55. The average Bonchev–Trinajstić information content (AvgIpc) is 2.62. The molecule has 0 saturated carbocycles. The molecule has 0 N–H and O–H groups in total. The van der Waals surface area contributed by atoms with Gasteiger partial charge in [-0.1, -0.05) is 48.0 Å². The summed E-state index contributed by atoms with van der Waals surface area (Å²) in [5, 5.41) is 1.21. The Hall–Kier alpha value is -1.91. The number of ether oxygens (including phenoxy) is 1. The summed E-state index contributed by atoms with van der Waals surface area (Å²) < 4.78 is 5.50. The number of benzene rings is 2. The van der Waals surface area contributed by atoms with E-state index in [1.807, 2.05) is 0 Å². The first-order valence-corrected chi connectivity index (χ1v) is 8.11. The monoisotopic (exact) mass is 384 g/mol. The largest absolute Gasteiger partial charge is 0.378 e. The van der Waals surface area contributed by atoms with Crippen LogP contribution in [0.5, 0.6) is 0 Å². The summed E-state index contributed by atoms with van der Waals surface area (Å²) in [6.07, 6.45) is 0. The number of fused-ring (bicyclic) bond motifs is 1. The van der Waals surface area contributed by atoms with Gasteiger partial charge in [0.05, 0.1) is 24.4 Å². The molecule has 124 valence electrons. The van der Waals surface area contributed by atoms with Gasteiger partial charge in [0, 0.05) is 29.7 Å². The van der Waals surface area contributed by atoms with E-state index in [4.69, 9.17) is 9.72 Å². The summed E-state index contributed by atoms with van der Waals surface area (Å²) in [7, 11) is 0. The third kappa shape index (κ3) is 3.30. The maximum atomic E-state index is 5.50. The van der Waals surface area contributed by atoms with Crippen LogP contribution in [0.4, 0.5) is 5.69 Å². The maximum absolute atomic E-state index is 5.50. The molecule has 3 nitrogen and oxygen atoms in total. The van der Waals surface area contributed by atoms with Crippen LogP contribution in [0.1, 0.15) is 5.56 Å². The highest BCUT2D eigenvalue weighted by Crippen LogP contribution is 2.31. The van der Waals surface area contributed by atoms with Crippen molar-refractivity contribution in [1.29, 1.82) is 0 Å². The normalized spacial score (nSPS) is 14.5. The number of hydrogen-bond acceptors (Lipinski definition) is 3. The molecule has 1 aromatic heterocycles. The Morgan fingerprint density at radius 2 is 1.67 bits per heavy atom. The van der Waals surface area contributed by atoms with E-state index < -0.39 is 0 Å². The summed E-state index contributed by atoms with van der Waals surface area (Å²) in [6, 6.07) is 19.2. The molecular formula is C20H21BrN2O. The predicted octanol–water partition coefficient (Wildman–Crippen LogP) is 4.62. The lowest BCUT2D eigenvalue weighted by molar-refractivity contribution is 0.123. The molecule has 1 aliphatic heterocycles. The number of morpholine rings is 1. The number of aromatic nitrogens is 1. The molecule has 2 aromatic carbocycles. The Morgan fingerprint density at radius 3 is 2.42 bits per heavy atom. The molecule has 1 saturated heterocycles. The molecular weight excluding hydrogens is 364 g/mol. The van der Waals surface area contributed by atoms with Gasteiger partial charge in [0.1, 0.15) is 0 Å². The fraction of sp³-hybridized carbons (Fsp3) is 0.250. The molecule has 3 aromatic rings. The van der Waals surface area contributed by atoms with E-state index in [1.165, 1.54) is 16.6 Å². The Bertz CT molecular complexity index is 827. The van der Waals surface area contributed by atoms with Crippen LogP contribution in [0, 0.1) is 6.92 Å². The number of rotatable bonds is 2. The van der Waals surface area contributed by atoms with E-state index in [0.29, 0.717) is 0 Å². The first-order valence-electron chi connectivity index (χ1n) is 8.11. The van der Waals surface area contributed by atoms with Gasteiger partial charge in [-0.05, 0) is 19.1 Å². The lowest BCUT2D eigenvalue weighted by Gasteiger charge is -2.30. The van der Waals surface area contributed by atoms with Crippen LogP contribution in [-0.2, 0) is 4.74 Å². The topological polar surface area (TPSA) is 25.4 Å². The second-order valence-corrected chi connectivity index (χ2v) is 6.01. The number of nitrogens with zero attached hydrogens (tertiary/aromatic N) is 2. The lowest BCUT2D eigenvalue weighted by Crippen LogP contribution is -2.36. The van der Waals surface area contributed by atoms with Crippen LogP contribution < -0.4 is 4.90 Å². The van der Waals surface area contributed by atoms with Crippen molar-refractivity contribution in [3.63, 3.8) is 0 Å². The van der Waals surface area contributed by atoms with E-state index >= 15 is 0 Å². The van der Waals surface area contributed by atoms with E-state index in [9.17, 15) is 0 Å². The van der Waals surface area contributed by atoms with Gasteiger partial charge in [-0.15, -0.1) is 17.0 Å². The number of aryl methyl sites for hydroxylation is 1. The highest BCUT2D eigenvalue weighted by molar-refractivity contribution is 8.93. The Morgan fingerprint density at radius 1 is 0.958 bits per heavy atom. The number of halogens is 1. The second kappa shape index (κ2) is 7.32. The molecule has 0 unspecified atom stereocenters. The third-order valence-electron chi connectivity index (χ3n) is 4.39. The van der Waals surface area contributed by atoms with Gasteiger partial charge in [0.2, 0.25) is 0 Å². The number of para-hydroxylation sites is 1. The molecule has 4 heteroatoms. The predicted molar refractivity (Wildman–Crippen MR) is 105 cm³/mol. The molecule has 24 heavy (non-hydrogen) atoms. The van der Waals surface area contributed by atoms with Gasteiger partial charge >= 0.3 is 0 Å². The van der Waals surface area contributed by atoms with E-state index in [2.05, 4.69) is 66.4 Å². The smallest absolute Gasteiger partial charge is 0.0730 e. The Kier molecular flexibility index (Phi) is 5.17. The molecule has 4 rings (SSSR count). The summed E-state index contributed by atoms with van der Waals surface area (Å²) in [5.74, 6) is 0. The van der Waals surface area contributed by atoms with Crippen molar-refractivity contribution in [3.05, 3.63) is 60.2 Å². The van der Waals surface area contributed by atoms with Gasteiger partial charge < -0.3 is 9.64 Å². The highest BCUT2D eigenvalue weighted by atomic mass is 79.9. The van der Waals surface area contributed by atoms with Crippen molar-refractivity contribution < 1.29 is 4.74 Å². The zero-order chi connectivity index (χ0) is 15.6. The highest BCUT2D eigenvalue weighted by Gasteiger charge is 2.16.